The Hall–Kier alpha value is -2.48. The summed E-state index contributed by atoms with van der Waals surface area (Å²) in [6.07, 6.45) is 0. The van der Waals surface area contributed by atoms with Gasteiger partial charge >= 0.3 is 0 Å². The maximum atomic E-state index is 12.5. The van der Waals surface area contributed by atoms with E-state index in [0.717, 1.165) is 59.9 Å². The van der Waals surface area contributed by atoms with Crippen LogP contribution in [0.5, 0.6) is 5.75 Å². The first-order valence-electron chi connectivity index (χ1n) is 10.7. The first-order chi connectivity index (χ1) is 15.0. The number of morpholine rings is 1. The maximum absolute atomic E-state index is 12.5. The van der Waals surface area contributed by atoms with Crippen LogP contribution in [-0.4, -0.2) is 48.7 Å². The first kappa shape index (κ1) is 21.7. The molecule has 0 atom stereocenters. The largest absolute Gasteiger partial charge is 0.483 e. The van der Waals surface area contributed by atoms with Gasteiger partial charge in [-0.2, -0.15) is 0 Å². The number of thiazole rings is 1. The third-order valence-corrected chi connectivity index (χ3v) is 6.29. The molecule has 1 amide bonds. The fraction of sp³-hybridized carbons (Fsp3) is 0.417. The summed E-state index contributed by atoms with van der Waals surface area (Å²) in [7, 11) is 0. The number of carbonyl (C=O) groups excluding carboxylic acids is 1. The van der Waals surface area contributed by atoms with E-state index in [0.29, 0.717) is 11.0 Å². The SMILES string of the molecule is Cc1ccc(C(C)C)c(OCC(=O)Nc2nc3ccc(CN4CCOCC4)cc3s2)c1. The van der Waals surface area contributed by atoms with Crippen molar-refractivity contribution in [2.45, 2.75) is 33.2 Å². The van der Waals surface area contributed by atoms with E-state index < -0.39 is 0 Å². The third-order valence-electron chi connectivity index (χ3n) is 5.36. The van der Waals surface area contributed by atoms with Gasteiger partial charge in [-0.3, -0.25) is 15.0 Å². The predicted molar refractivity (Wildman–Crippen MR) is 125 cm³/mol. The minimum atomic E-state index is -0.205. The van der Waals surface area contributed by atoms with Gasteiger partial charge in [0, 0.05) is 19.6 Å². The minimum Gasteiger partial charge on any atom is -0.483 e. The number of aromatic nitrogens is 1. The van der Waals surface area contributed by atoms with E-state index in [1.54, 1.807) is 0 Å². The second-order valence-electron chi connectivity index (χ2n) is 8.24. The average Bonchev–Trinajstić information content (AvgIpc) is 3.14. The molecule has 4 rings (SSSR count). The third kappa shape index (κ3) is 5.61. The molecule has 1 N–H and O–H groups in total. The number of benzene rings is 2. The average molecular weight is 440 g/mol. The monoisotopic (exact) mass is 439 g/mol. The summed E-state index contributed by atoms with van der Waals surface area (Å²) in [5, 5.41) is 3.48. The summed E-state index contributed by atoms with van der Waals surface area (Å²) >= 11 is 1.49. The Bertz CT molecular complexity index is 1060. The molecule has 0 spiro atoms. The number of nitrogens with one attached hydrogen (secondary N) is 1. The summed E-state index contributed by atoms with van der Waals surface area (Å²) < 4.78 is 12.3. The number of fused-ring (bicyclic) bond motifs is 1. The maximum Gasteiger partial charge on any atom is 0.264 e. The molecule has 1 aromatic heterocycles. The number of hydrogen-bond donors (Lipinski definition) is 1. The van der Waals surface area contributed by atoms with Gasteiger partial charge < -0.3 is 9.47 Å². The molecule has 1 fully saturated rings. The lowest BCUT2D eigenvalue weighted by atomic mass is 10.0. The van der Waals surface area contributed by atoms with Crippen LogP contribution in [0, 0.1) is 6.92 Å². The molecule has 0 aliphatic carbocycles. The highest BCUT2D eigenvalue weighted by Crippen LogP contribution is 2.29. The highest BCUT2D eigenvalue weighted by atomic mass is 32.1. The van der Waals surface area contributed by atoms with Crippen molar-refractivity contribution < 1.29 is 14.3 Å². The molecule has 1 saturated heterocycles. The molecular weight excluding hydrogens is 410 g/mol. The van der Waals surface area contributed by atoms with Crippen LogP contribution >= 0.6 is 11.3 Å². The van der Waals surface area contributed by atoms with Crippen molar-refractivity contribution in [2.24, 2.45) is 0 Å². The Labute approximate surface area is 187 Å². The quantitative estimate of drug-likeness (QED) is 0.584. The summed E-state index contributed by atoms with van der Waals surface area (Å²) in [5.74, 6) is 0.889. The molecule has 0 radical (unpaired) electrons. The second-order valence-corrected chi connectivity index (χ2v) is 9.27. The fourth-order valence-corrected chi connectivity index (χ4v) is 4.63. The number of carbonyl (C=O) groups is 1. The molecule has 3 aromatic rings. The van der Waals surface area contributed by atoms with Crippen molar-refractivity contribution in [1.82, 2.24) is 9.88 Å². The van der Waals surface area contributed by atoms with E-state index >= 15 is 0 Å². The predicted octanol–water partition coefficient (Wildman–Crippen LogP) is 4.58. The number of anilines is 1. The van der Waals surface area contributed by atoms with Crippen LogP contribution in [0.3, 0.4) is 0 Å². The van der Waals surface area contributed by atoms with Crippen molar-refractivity contribution in [3.8, 4) is 5.75 Å². The van der Waals surface area contributed by atoms with Crippen molar-refractivity contribution in [3.63, 3.8) is 0 Å². The lowest BCUT2D eigenvalue weighted by Gasteiger charge is -2.26. The number of rotatable bonds is 7. The Morgan fingerprint density at radius 2 is 2.03 bits per heavy atom. The van der Waals surface area contributed by atoms with Gasteiger partial charge in [0.15, 0.2) is 11.7 Å². The standard InChI is InChI=1S/C24H29N3O3S/c1-16(2)19-6-4-17(3)12-21(19)30-15-23(28)26-24-25-20-7-5-18(13-22(20)31-24)14-27-8-10-29-11-9-27/h4-7,12-13,16H,8-11,14-15H2,1-3H3,(H,25,26,28). The summed E-state index contributed by atoms with van der Waals surface area (Å²) in [4.78, 5) is 19.4. The summed E-state index contributed by atoms with van der Waals surface area (Å²) in [5.41, 5.74) is 4.36. The fourth-order valence-electron chi connectivity index (χ4n) is 3.68. The smallest absolute Gasteiger partial charge is 0.264 e. The summed E-state index contributed by atoms with van der Waals surface area (Å²) in [6.45, 7) is 10.6. The molecule has 164 valence electrons. The highest BCUT2D eigenvalue weighted by molar-refractivity contribution is 7.22. The van der Waals surface area contributed by atoms with E-state index in [-0.39, 0.29) is 12.5 Å². The van der Waals surface area contributed by atoms with Crippen molar-refractivity contribution in [3.05, 3.63) is 53.1 Å². The van der Waals surface area contributed by atoms with Gasteiger partial charge in [0.2, 0.25) is 0 Å². The molecule has 31 heavy (non-hydrogen) atoms. The van der Waals surface area contributed by atoms with Gasteiger partial charge in [0.1, 0.15) is 5.75 Å². The zero-order valence-corrected chi connectivity index (χ0v) is 19.1. The molecule has 0 saturated carbocycles. The molecule has 0 bridgehead atoms. The Morgan fingerprint density at radius 1 is 1.23 bits per heavy atom. The van der Waals surface area contributed by atoms with Gasteiger partial charge in [-0.1, -0.05) is 43.4 Å². The van der Waals surface area contributed by atoms with Crippen molar-refractivity contribution in [1.29, 1.82) is 0 Å². The van der Waals surface area contributed by atoms with E-state index in [2.05, 4.69) is 53.3 Å². The van der Waals surface area contributed by atoms with Crippen LogP contribution in [0.2, 0.25) is 0 Å². The van der Waals surface area contributed by atoms with Gasteiger partial charge in [-0.05, 0) is 47.7 Å². The number of ether oxygens (including phenoxy) is 2. The molecule has 0 unspecified atom stereocenters. The van der Waals surface area contributed by atoms with Gasteiger partial charge in [0.25, 0.3) is 5.91 Å². The lowest BCUT2D eigenvalue weighted by Crippen LogP contribution is -2.35. The van der Waals surface area contributed by atoms with E-state index in [1.807, 2.05) is 19.1 Å². The van der Waals surface area contributed by atoms with Crippen LogP contribution in [0.25, 0.3) is 10.2 Å². The van der Waals surface area contributed by atoms with Crippen LogP contribution in [0.4, 0.5) is 5.13 Å². The molecule has 1 aliphatic heterocycles. The highest BCUT2D eigenvalue weighted by Gasteiger charge is 2.14. The van der Waals surface area contributed by atoms with E-state index in [1.165, 1.54) is 16.9 Å². The summed E-state index contributed by atoms with van der Waals surface area (Å²) in [6, 6.07) is 12.4. The Kier molecular flexibility index (Phi) is 6.85. The number of hydrogen-bond acceptors (Lipinski definition) is 6. The normalized spacial score (nSPS) is 14.8. The Balaban J connectivity index is 1.38. The van der Waals surface area contributed by atoms with Gasteiger partial charge in [-0.25, -0.2) is 4.98 Å². The lowest BCUT2D eigenvalue weighted by molar-refractivity contribution is -0.118. The number of amides is 1. The number of aryl methyl sites for hydroxylation is 1. The minimum absolute atomic E-state index is 0.0403. The molecule has 1 aliphatic rings. The van der Waals surface area contributed by atoms with E-state index in [9.17, 15) is 4.79 Å². The second kappa shape index (κ2) is 9.77. The number of nitrogens with zero attached hydrogens (tertiary/aromatic N) is 2. The van der Waals surface area contributed by atoms with E-state index in [4.69, 9.17) is 9.47 Å². The van der Waals surface area contributed by atoms with Gasteiger partial charge in [0.05, 0.1) is 23.4 Å². The molecule has 6 nitrogen and oxygen atoms in total. The van der Waals surface area contributed by atoms with Crippen LogP contribution in [0.15, 0.2) is 36.4 Å². The molecule has 2 heterocycles. The molecule has 7 heteroatoms. The van der Waals surface area contributed by atoms with Gasteiger partial charge in [-0.15, -0.1) is 0 Å². The van der Waals surface area contributed by atoms with Crippen LogP contribution in [0.1, 0.15) is 36.5 Å². The van der Waals surface area contributed by atoms with Crippen LogP contribution in [-0.2, 0) is 16.1 Å². The first-order valence-corrected chi connectivity index (χ1v) is 11.5. The van der Waals surface area contributed by atoms with Crippen molar-refractivity contribution >= 4 is 32.6 Å². The topological polar surface area (TPSA) is 63.7 Å². The van der Waals surface area contributed by atoms with Crippen LogP contribution < -0.4 is 10.1 Å². The molecular formula is C24H29N3O3S. The van der Waals surface area contributed by atoms with Crippen molar-refractivity contribution in [2.75, 3.05) is 38.2 Å². The zero-order chi connectivity index (χ0) is 21.8. The molecule has 2 aromatic carbocycles. The Morgan fingerprint density at radius 3 is 2.81 bits per heavy atom. The zero-order valence-electron chi connectivity index (χ0n) is 18.3.